The fourth-order valence-electron chi connectivity index (χ4n) is 1.49. The molecule has 130 valence electrons. The van der Waals surface area contributed by atoms with E-state index in [0.29, 0.717) is 4.72 Å². The number of carbonyl (C=O) groups excluding carboxylic acids is 1. The summed E-state index contributed by atoms with van der Waals surface area (Å²) < 4.78 is 102. The zero-order chi connectivity index (χ0) is 18.3. The molecule has 0 aliphatic carbocycles. The molecule has 0 fully saturated rings. The highest BCUT2D eigenvalue weighted by Gasteiger charge is 2.75. The maximum absolute atomic E-state index is 13.4. The van der Waals surface area contributed by atoms with Crippen LogP contribution < -0.4 is 4.72 Å². The standard InChI is InChI=1S/C12H11F6NO3S/c1-7-5-3-4-6-8(7)9(20)19-23(21,22)12(17,18)11(15,16)10(2,13)14/h3-6H,1-2H3,(H,19,20). The molecule has 0 atom stereocenters. The van der Waals surface area contributed by atoms with Crippen molar-refractivity contribution >= 4 is 15.9 Å². The fourth-order valence-corrected chi connectivity index (χ4v) is 2.49. The molecule has 0 unspecified atom stereocenters. The monoisotopic (exact) mass is 363 g/mol. The van der Waals surface area contributed by atoms with Crippen LogP contribution in [0.3, 0.4) is 0 Å². The van der Waals surface area contributed by atoms with Crippen LogP contribution in [0.4, 0.5) is 26.3 Å². The Balaban J connectivity index is 3.22. The summed E-state index contributed by atoms with van der Waals surface area (Å²) in [5, 5.41) is -6.21. The van der Waals surface area contributed by atoms with Gasteiger partial charge in [-0.3, -0.25) is 4.79 Å². The highest BCUT2D eigenvalue weighted by Crippen LogP contribution is 2.47. The summed E-state index contributed by atoms with van der Waals surface area (Å²) in [4.78, 5) is 11.6. The molecule has 0 radical (unpaired) electrons. The first-order chi connectivity index (χ1) is 10.1. The summed E-state index contributed by atoms with van der Waals surface area (Å²) in [6.45, 7) is 0.772. The molecule has 0 heterocycles. The van der Waals surface area contributed by atoms with Gasteiger partial charge < -0.3 is 0 Å². The Bertz CT molecular complexity index is 712. The lowest BCUT2D eigenvalue weighted by Gasteiger charge is -2.30. The number of hydrogen-bond acceptors (Lipinski definition) is 3. The van der Waals surface area contributed by atoms with E-state index in [2.05, 4.69) is 0 Å². The average molecular weight is 363 g/mol. The van der Waals surface area contributed by atoms with Crippen molar-refractivity contribution in [1.29, 1.82) is 0 Å². The lowest BCUT2D eigenvalue weighted by atomic mass is 10.1. The summed E-state index contributed by atoms with van der Waals surface area (Å²) in [5.74, 6) is -13.2. The van der Waals surface area contributed by atoms with E-state index in [0.717, 1.165) is 6.07 Å². The first-order valence-electron chi connectivity index (χ1n) is 5.91. The largest absolute Gasteiger partial charge is 0.431 e. The lowest BCUT2D eigenvalue weighted by Crippen LogP contribution is -2.60. The highest BCUT2D eigenvalue weighted by molar-refractivity contribution is 7.91. The molecular formula is C12H11F6NO3S. The topological polar surface area (TPSA) is 63.2 Å². The van der Waals surface area contributed by atoms with E-state index in [1.165, 1.54) is 25.1 Å². The first-order valence-corrected chi connectivity index (χ1v) is 7.39. The molecule has 23 heavy (non-hydrogen) atoms. The number of sulfonamides is 1. The van der Waals surface area contributed by atoms with Crippen LogP contribution in [0.15, 0.2) is 24.3 Å². The number of hydrogen-bond donors (Lipinski definition) is 1. The number of nitrogens with one attached hydrogen (secondary N) is 1. The molecule has 0 saturated heterocycles. The molecule has 1 amide bonds. The van der Waals surface area contributed by atoms with Gasteiger partial charge in [0.25, 0.3) is 5.91 Å². The molecule has 1 aromatic rings. The molecular weight excluding hydrogens is 352 g/mol. The number of halogens is 6. The van der Waals surface area contributed by atoms with Gasteiger partial charge >= 0.3 is 27.1 Å². The second-order valence-electron chi connectivity index (χ2n) is 4.73. The fraction of sp³-hybridized carbons (Fsp3) is 0.417. The minimum Gasteiger partial charge on any atom is -0.268 e. The number of amides is 1. The Morgan fingerprint density at radius 2 is 1.52 bits per heavy atom. The number of alkyl halides is 6. The van der Waals surface area contributed by atoms with Gasteiger partial charge in [-0.05, 0) is 18.6 Å². The SMILES string of the molecule is Cc1ccccc1C(=O)NS(=O)(=O)C(F)(F)C(F)(F)C(C)(F)F. The Morgan fingerprint density at radius 3 is 1.96 bits per heavy atom. The van der Waals surface area contributed by atoms with Crippen molar-refractivity contribution in [3.8, 4) is 0 Å². The van der Waals surface area contributed by atoms with E-state index in [9.17, 15) is 39.6 Å². The van der Waals surface area contributed by atoms with Crippen molar-refractivity contribution in [2.45, 2.75) is 30.9 Å². The molecule has 1 aromatic carbocycles. The maximum atomic E-state index is 13.4. The first kappa shape index (κ1) is 19.3. The summed E-state index contributed by atoms with van der Waals surface area (Å²) >= 11 is 0. The van der Waals surface area contributed by atoms with Crippen LogP contribution in [0.2, 0.25) is 0 Å². The third-order valence-electron chi connectivity index (χ3n) is 2.87. The Hall–Kier alpha value is -1.78. The number of carbonyl (C=O) groups is 1. The van der Waals surface area contributed by atoms with Gasteiger partial charge in [0, 0.05) is 12.5 Å². The van der Waals surface area contributed by atoms with Crippen LogP contribution in [0.5, 0.6) is 0 Å². The maximum Gasteiger partial charge on any atom is 0.431 e. The third kappa shape index (κ3) is 3.28. The van der Waals surface area contributed by atoms with Gasteiger partial charge in [0.15, 0.2) is 0 Å². The van der Waals surface area contributed by atoms with Crippen molar-refractivity contribution in [3.63, 3.8) is 0 Å². The second-order valence-corrected chi connectivity index (χ2v) is 6.45. The summed E-state index contributed by atoms with van der Waals surface area (Å²) in [7, 11) is -6.43. The van der Waals surface area contributed by atoms with Crippen LogP contribution in [0.25, 0.3) is 0 Å². The van der Waals surface area contributed by atoms with Crippen LogP contribution in [0, 0.1) is 6.92 Å². The van der Waals surface area contributed by atoms with Crippen LogP contribution in [-0.2, 0) is 10.0 Å². The molecule has 0 bridgehead atoms. The van der Waals surface area contributed by atoms with Gasteiger partial charge in [-0.2, -0.15) is 34.8 Å². The number of benzene rings is 1. The summed E-state index contributed by atoms with van der Waals surface area (Å²) in [6, 6.07) is 5.09. The molecule has 0 saturated carbocycles. The number of aryl methyl sites for hydroxylation is 1. The molecule has 0 aliphatic heterocycles. The summed E-state index contributed by atoms with van der Waals surface area (Å²) in [5.41, 5.74) is -0.227. The predicted molar refractivity (Wildman–Crippen MR) is 68.1 cm³/mol. The van der Waals surface area contributed by atoms with Gasteiger partial charge in [-0.25, -0.2) is 4.72 Å². The Morgan fingerprint density at radius 1 is 1.04 bits per heavy atom. The molecule has 0 spiro atoms. The van der Waals surface area contributed by atoms with Crippen molar-refractivity contribution in [3.05, 3.63) is 35.4 Å². The van der Waals surface area contributed by atoms with Crippen molar-refractivity contribution in [2.75, 3.05) is 0 Å². The average Bonchev–Trinajstić information content (AvgIpc) is 2.36. The van der Waals surface area contributed by atoms with Gasteiger partial charge in [-0.15, -0.1) is 0 Å². The van der Waals surface area contributed by atoms with E-state index in [4.69, 9.17) is 0 Å². The van der Waals surface area contributed by atoms with Crippen molar-refractivity contribution in [1.82, 2.24) is 4.72 Å². The molecule has 11 heteroatoms. The molecule has 0 aliphatic rings. The van der Waals surface area contributed by atoms with E-state index in [-0.39, 0.29) is 5.56 Å². The van der Waals surface area contributed by atoms with Gasteiger partial charge in [0.1, 0.15) is 0 Å². The van der Waals surface area contributed by atoms with Crippen LogP contribution in [-0.4, -0.2) is 31.4 Å². The van der Waals surface area contributed by atoms with E-state index >= 15 is 0 Å². The van der Waals surface area contributed by atoms with E-state index < -0.39 is 45.5 Å². The lowest BCUT2D eigenvalue weighted by molar-refractivity contribution is -0.271. The van der Waals surface area contributed by atoms with Crippen molar-refractivity contribution < 1.29 is 39.6 Å². The Labute approximate surface area is 127 Å². The van der Waals surface area contributed by atoms with E-state index in [1.54, 1.807) is 0 Å². The zero-order valence-corrected chi connectivity index (χ0v) is 12.5. The predicted octanol–water partition coefficient (Wildman–Crippen LogP) is 2.94. The van der Waals surface area contributed by atoms with Gasteiger partial charge in [0.05, 0.1) is 0 Å². The van der Waals surface area contributed by atoms with Gasteiger partial charge in [-0.1, -0.05) is 18.2 Å². The smallest absolute Gasteiger partial charge is 0.268 e. The minimum absolute atomic E-state index is 0.163. The van der Waals surface area contributed by atoms with Crippen molar-refractivity contribution in [2.24, 2.45) is 0 Å². The molecule has 1 rings (SSSR count). The quantitative estimate of drug-likeness (QED) is 0.819. The molecule has 1 N–H and O–H groups in total. The highest BCUT2D eigenvalue weighted by atomic mass is 32.2. The minimum atomic E-state index is -6.43. The van der Waals surface area contributed by atoms with Crippen LogP contribution in [0.1, 0.15) is 22.8 Å². The Kier molecular flexibility index (Phi) is 4.77. The number of rotatable bonds is 5. The second kappa shape index (κ2) is 5.69. The summed E-state index contributed by atoms with van der Waals surface area (Å²) in [6.07, 6.45) is 0. The normalized spacial score (nSPS) is 13.7. The third-order valence-corrected chi connectivity index (χ3v) is 4.26. The van der Waals surface area contributed by atoms with E-state index in [1.807, 2.05) is 0 Å². The molecule has 4 nitrogen and oxygen atoms in total. The molecule has 0 aromatic heterocycles. The van der Waals surface area contributed by atoms with Crippen LogP contribution >= 0.6 is 0 Å². The van der Waals surface area contributed by atoms with Gasteiger partial charge in [0.2, 0.25) is 0 Å². The zero-order valence-electron chi connectivity index (χ0n) is 11.7.